The van der Waals surface area contributed by atoms with Crippen LogP contribution in [0.2, 0.25) is 0 Å². The van der Waals surface area contributed by atoms with Gasteiger partial charge in [0, 0.05) is 34.0 Å². The highest BCUT2D eigenvalue weighted by Gasteiger charge is 2.17. The fourth-order valence-corrected chi connectivity index (χ4v) is 3.23. The molecule has 2 N–H and O–H groups in total. The van der Waals surface area contributed by atoms with E-state index >= 15 is 0 Å². The minimum Gasteiger partial charge on any atom is -0.392 e. The van der Waals surface area contributed by atoms with Crippen molar-refractivity contribution >= 4 is 16.5 Å². The molecule has 4 heteroatoms. The topological polar surface area (TPSA) is 49.3 Å². The predicted octanol–water partition coefficient (Wildman–Crippen LogP) is 1.50. The van der Waals surface area contributed by atoms with E-state index in [0.29, 0.717) is 6.04 Å². The Hall–Kier alpha value is -0.870. The zero-order valence-electron chi connectivity index (χ0n) is 9.19. The standard InChI is InChI=1S/C12H17NO2S/c14-9-10-2-1-3-12(8-10)13-11-4-6-16(15)7-5-11/h1-3,8,11,13-14H,4-7,9H2. The van der Waals surface area contributed by atoms with Crippen LogP contribution >= 0.6 is 0 Å². The van der Waals surface area contributed by atoms with Crippen molar-refractivity contribution in [3.63, 3.8) is 0 Å². The van der Waals surface area contributed by atoms with Crippen molar-refractivity contribution in [3.8, 4) is 0 Å². The quantitative estimate of drug-likeness (QED) is 0.840. The molecule has 0 atom stereocenters. The average molecular weight is 239 g/mol. The van der Waals surface area contributed by atoms with Crippen LogP contribution in [0, 0.1) is 0 Å². The summed E-state index contributed by atoms with van der Waals surface area (Å²) in [6.45, 7) is 0.0736. The molecule has 0 saturated carbocycles. The zero-order chi connectivity index (χ0) is 11.4. The maximum absolute atomic E-state index is 11.2. The van der Waals surface area contributed by atoms with Gasteiger partial charge in [0.05, 0.1) is 6.61 Å². The lowest BCUT2D eigenvalue weighted by atomic mass is 10.1. The third kappa shape index (κ3) is 3.06. The van der Waals surface area contributed by atoms with Gasteiger partial charge in [-0.25, -0.2) is 0 Å². The van der Waals surface area contributed by atoms with E-state index in [0.717, 1.165) is 35.6 Å². The van der Waals surface area contributed by atoms with E-state index < -0.39 is 10.8 Å². The van der Waals surface area contributed by atoms with Crippen LogP contribution in [0.15, 0.2) is 24.3 Å². The molecule has 16 heavy (non-hydrogen) atoms. The van der Waals surface area contributed by atoms with Gasteiger partial charge < -0.3 is 10.4 Å². The first-order valence-corrected chi connectivity index (χ1v) is 7.08. The molecule has 1 aromatic carbocycles. The van der Waals surface area contributed by atoms with E-state index in [1.165, 1.54) is 0 Å². The summed E-state index contributed by atoms with van der Waals surface area (Å²) in [4.78, 5) is 0. The molecule has 0 radical (unpaired) electrons. The molecule has 1 saturated heterocycles. The molecule has 0 unspecified atom stereocenters. The Morgan fingerprint density at radius 2 is 2.12 bits per heavy atom. The molecule has 1 fully saturated rings. The highest BCUT2D eigenvalue weighted by molar-refractivity contribution is 7.85. The average Bonchev–Trinajstić information content (AvgIpc) is 2.32. The number of nitrogens with one attached hydrogen (secondary N) is 1. The second kappa shape index (κ2) is 5.46. The van der Waals surface area contributed by atoms with Crippen molar-refractivity contribution in [2.75, 3.05) is 16.8 Å². The fraction of sp³-hybridized carbons (Fsp3) is 0.500. The number of hydrogen-bond donors (Lipinski definition) is 2. The molecule has 1 aliphatic heterocycles. The zero-order valence-corrected chi connectivity index (χ0v) is 10.0. The summed E-state index contributed by atoms with van der Waals surface area (Å²) in [6, 6.07) is 8.23. The van der Waals surface area contributed by atoms with Crippen LogP contribution in [0.5, 0.6) is 0 Å². The predicted molar refractivity (Wildman–Crippen MR) is 66.9 cm³/mol. The Bertz CT molecular complexity index is 371. The first-order valence-electron chi connectivity index (χ1n) is 5.59. The number of benzene rings is 1. The highest BCUT2D eigenvalue weighted by Crippen LogP contribution is 2.17. The van der Waals surface area contributed by atoms with Crippen LogP contribution in [0.4, 0.5) is 5.69 Å². The summed E-state index contributed by atoms with van der Waals surface area (Å²) in [5.41, 5.74) is 1.97. The van der Waals surface area contributed by atoms with Crippen molar-refractivity contribution in [3.05, 3.63) is 29.8 Å². The van der Waals surface area contributed by atoms with E-state index in [2.05, 4.69) is 5.32 Å². The smallest absolute Gasteiger partial charge is 0.0682 e. The van der Waals surface area contributed by atoms with E-state index in [-0.39, 0.29) is 6.61 Å². The van der Waals surface area contributed by atoms with Gasteiger partial charge in [-0.15, -0.1) is 0 Å². The molecule has 1 heterocycles. The second-order valence-electron chi connectivity index (χ2n) is 4.13. The van der Waals surface area contributed by atoms with E-state index in [1.807, 2.05) is 24.3 Å². The molecule has 0 aromatic heterocycles. The Balaban J connectivity index is 1.95. The minimum absolute atomic E-state index is 0.0736. The van der Waals surface area contributed by atoms with Gasteiger partial charge in [-0.1, -0.05) is 12.1 Å². The van der Waals surface area contributed by atoms with Crippen molar-refractivity contribution in [1.29, 1.82) is 0 Å². The number of anilines is 1. The van der Waals surface area contributed by atoms with Crippen LogP contribution in [0.3, 0.4) is 0 Å². The Morgan fingerprint density at radius 1 is 1.38 bits per heavy atom. The summed E-state index contributed by atoms with van der Waals surface area (Å²) >= 11 is 0. The molecule has 1 aromatic rings. The maximum Gasteiger partial charge on any atom is 0.0682 e. The summed E-state index contributed by atoms with van der Waals surface area (Å²) in [5.74, 6) is 1.61. The Labute approximate surface area is 98.3 Å². The first-order chi connectivity index (χ1) is 7.78. The molecule has 2 rings (SSSR count). The summed E-state index contributed by atoms with van der Waals surface area (Å²) in [7, 11) is -0.605. The van der Waals surface area contributed by atoms with Gasteiger partial charge in [-0.3, -0.25) is 4.21 Å². The lowest BCUT2D eigenvalue weighted by molar-refractivity contribution is 0.282. The third-order valence-electron chi connectivity index (χ3n) is 2.87. The van der Waals surface area contributed by atoms with Crippen LogP contribution in [0.1, 0.15) is 18.4 Å². The van der Waals surface area contributed by atoms with Gasteiger partial charge in [0.25, 0.3) is 0 Å². The van der Waals surface area contributed by atoms with Crippen LogP contribution in [-0.4, -0.2) is 26.9 Å². The molecular formula is C12H17NO2S. The monoisotopic (exact) mass is 239 g/mol. The molecule has 0 spiro atoms. The Kier molecular flexibility index (Phi) is 3.96. The molecular weight excluding hydrogens is 222 g/mol. The second-order valence-corrected chi connectivity index (χ2v) is 5.82. The van der Waals surface area contributed by atoms with E-state index in [4.69, 9.17) is 5.11 Å². The molecule has 0 bridgehead atoms. The summed E-state index contributed by atoms with van der Waals surface area (Å²) in [6.07, 6.45) is 1.94. The van der Waals surface area contributed by atoms with Gasteiger partial charge >= 0.3 is 0 Å². The lowest BCUT2D eigenvalue weighted by Crippen LogP contribution is -2.29. The lowest BCUT2D eigenvalue weighted by Gasteiger charge is -2.23. The van der Waals surface area contributed by atoms with Gasteiger partial charge in [0.2, 0.25) is 0 Å². The summed E-state index contributed by atoms with van der Waals surface area (Å²) in [5, 5.41) is 12.5. The number of hydrogen-bond acceptors (Lipinski definition) is 3. The SMILES string of the molecule is O=S1CCC(Nc2cccc(CO)c2)CC1. The van der Waals surface area contributed by atoms with Crippen molar-refractivity contribution in [2.45, 2.75) is 25.5 Å². The number of aliphatic hydroxyl groups is 1. The van der Waals surface area contributed by atoms with Crippen molar-refractivity contribution in [2.24, 2.45) is 0 Å². The van der Waals surface area contributed by atoms with Gasteiger partial charge in [-0.05, 0) is 30.5 Å². The van der Waals surface area contributed by atoms with E-state index in [9.17, 15) is 4.21 Å². The van der Waals surface area contributed by atoms with Crippen LogP contribution in [0.25, 0.3) is 0 Å². The normalized spacial score (nSPS) is 25.3. The largest absolute Gasteiger partial charge is 0.392 e. The van der Waals surface area contributed by atoms with Crippen molar-refractivity contribution < 1.29 is 9.32 Å². The number of aliphatic hydroxyl groups excluding tert-OH is 1. The first kappa shape index (κ1) is 11.6. The van der Waals surface area contributed by atoms with Crippen molar-refractivity contribution in [1.82, 2.24) is 0 Å². The number of rotatable bonds is 3. The molecule has 0 amide bonds. The highest BCUT2D eigenvalue weighted by atomic mass is 32.2. The van der Waals surface area contributed by atoms with Gasteiger partial charge in [0.1, 0.15) is 0 Å². The summed E-state index contributed by atoms with van der Waals surface area (Å²) < 4.78 is 11.2. The van der Waals surface area contributed by atoms with E-state index in [1.54, 1.807) is 0 Å². The van der Waals surface area contributed by atoms with Crippen LogP contribution in [-0.2, 0) is 17.4 Å². The van der Waals surface area contributed by atoms with Gasteiger partial charge in [0.15, 0.2) is 0 Å². The molecule has 3 nitrogen and oxygen atoms in total. The van der Waals surface area contributed by atoms with Crippen LogP contribution < -0.4 is 5.32 Å². The fourth-order valence-electron chi connectivity index (χ4n) is 1.93. The van der Waals surface area contributed by atoms with Gasteiger partial charge in [-0.2, -0.15) is 0 Å². The molecule has 88 valence electrons. The third-order valence-corrected chi connectivity index (χ3v) is 4.25. The minimum atomic E-state index is -0.605. The molecule has 1 aliphatic rings. The molecule has 0 aliphatic carbocycles. The maximum atomic E-state index is 11.2. The Morgan fingerprint density at radius 3 is 2.81 bits per heavy atom.